The van der Waals surface area contributed by atoms with Gasteiger partial charge in [0, 0.05) is 12.7 Å². The molecule has 1 aromatic carbocycles. The number of halogens is 1. The van der Waals surface area contributed by atoms with Gasteiger partial charge in [0.15, 0.2) is 0 Å². The van der Waals surface area contributed by atoms with Crippen molar-refractivity contribution in [3.63, 3.8) is 0 Å². The van der Waals surface area contributed by atoms with Gasteiger partial charge in [-0.2, -0.15) is 0 Å². The van der Waals surface area contributed by atoms with E-state index in [1.165, 1.54) is 5.56 Å². The highest BCUT2D eigenvalue weighted by Gasteiger charge is 1.99. The quantitative estimate of drug-likeness (QED) is 0.868. The first-order valence-corrected chi connectivity index (χ1v) is 6.35. The van der Waals surface area contributed by atoms with E-state index in [1.54, 1.807) is 13.3 Å². The van der Waals surface area contributed by atoms with E-state index < -0.39 is 0 Å². The molecule has 4 heteroatoms. The Bertz CT molecular complexity index is 485. The van der Waals surface area contributed by atoms with Crippen LogP contribution in [0.3, 0.4) is 0 Å². The summed E-state index contributed by atoms with van der Waals surface area (Å²) in [4.78, 5) is 4.28. The maximum Gasteiger partial charge on any atom is 0.139 e. The minimum absolute atomic E-state index is 0.761. The lowest BCUT2D eigenvalue weighted by molar-refractivity contribution is 0.414. The third kappa shape index (κ3) is 3.33. The molecule has 0 unspecified atom stereocenters. The summed E-state index contributed by atoms with van der Waals surface area (Å²) in [5.41, 5.74) is 1.20. The molecule has 1 aromatic heterocycles. The Morgan fingerprint density at radius 1 is 1.24 bits per heavy atom. The topological polar surface area (TPSA) is 34.1 Å². The van der Waals surface area contributed by atoms with E-state index in [1.807, 2.05) is 36.4 Å². The number of methoxy groups -OCH3 is 1. The molecule has 88 valence electrons. The third-order valence-corrected chi connectivity index (χ3v) is 3.25. The normalized spacial score (nSPS) is 10.0. The Morgan fingerprint density at radius 3 is 2.65 bits per heavy atom. The number of hydrogen-bond acceptors (Lipinski definition) is 3. The minimum atomic E-state index is 0.761. The van der Waals surface area contributed by atoms with Crippen molar-refractivity contribution in [1.29, 1.82) is 0 Å². The predicted molar refractivity (Wildman–Crippen MR) is 77.3 cm³/mol. The van der Waals surface area contributed by atoms with Crippen LogP contribution in [0.15, 0.2) is 42.6 Å². The standard InChI is InChI=1S/C13H13IN2O/c1-17-11-6-4-10(5-7-11)9-16-13-12(14)3-2-8-15-13/h2-8H,9H2,1H3,(H,15,16). The molecule has 2 rings (SSSR count). The van der Waals surface area contributed by atoms with E-state index in [-0.39, 0.29) is 0 Å². The molecule has 0 spiro atoms. The smallest absolute Gasteiger partial charge is 0.139 e. The molecular weight excluding hydrogens is 327 g/mol. The van der Waals surface area contributed by atoms with Gasteiger partial charge in [-0.25, -0.2) is 4.98 Å². The van der Waals surface area contributed by atoms with Gasteiger partial charge in [-0.05, 0) is 52.4 Å². The number of ether oxygens (including phenoxy) is 1. The van der Waals surface area contributed by atoms with Crippen molar-refractivity contribution < 1.29 is 4.74 Å². The van der Waals surface area contributed by atoms with Crippen molar-refractivity contribution >= 4 is 28.4 Å². The van der Waals surface area contributed by atoms with E-state index in [4.69, 9.17) is 4.74 Å². The molecule has 0 aliphatic carbocycles. The number of benzene rings is 1. The van der Waals surface area contributed by atoms with Crippen LogP contribution in [-0.4, -0.2) is 12.1 Å². The van der Waals surface area contributed by atoms with Gasteiger partial charge in [0.05, 0.1) is 10.7 Å². The molecule has 0 aliphatic rings. The number of nitrogens with zero attached hydrogens (tertiary/aromatic N) is 1. The number of aromatic nitrogens is 1. The van der Waals surface area contributed by atoms with Gasteiger partial charge in [0.25, 0.3) is 0 Å². The number of hydrogen-bond donors (Lipinski definition) is 1. The van der Waals surface area contributed by atoms with Crippen LogP contribution in [0.25, 0.3) is 0 Å². The number of anilines is 1. The van der Waals surface area contributed by atoms with Crippen molar-refractivity contribution in [3.05, 3.63) is 51.7 Å². The van der Waals surface area contributed by atoms with Gasteiger partial charge in [-0.15, -0.1) is 0 Å². The number of nitrogens with one attached hydrogen (secondary N) is 1. The molecule has 0 amide bonds. The summed E-state index contributed by atoms with van der Waals surface area (Å²) in [5, 5.41) is 3.31. The lowest BCUT2D eigenvalue weighted by atomic mass is 10.2. The Morgan fingerprint density at radius 2 is 2.00 bits per heavy atom. The molecule has 0 aliphatic heterocycles. The summed E-state index contributed by atoms with van der Waals surface area (Å²) in [7, 11) is 1.67. The fourth-order valence-electron chi connectivity index (χ4n) is 1.44. The Kier molecular flexibility index (Phi) is 4.19. The van der Waals surface area contributed by atoms with Gasteiger partial charge in [-0.3, -0.25) is 0 Å². The van der Waals surface area contributed by atoms with Crippen LogP contribution in [0.4, 0.5) is 5.82 Å². The summed E-state index contributed by atoms with van der Waals surface area (Å²) in [6, 6.07) is 12.0. The SMILES string of the molecule is COc1ccc(CNc2ncccc2I)cc1. The van der Waals surface area contributed by atoms with E-state index in [0.29, 0.717) is 0 Å². The zero-order valence-corrected chi connectivity index (χ0v) is 11.6. The second-order valence-electron chi connectivity index (χ2n) is 3.54. The Balaban J connectivity index is 2.00. The lowest BCUT2D eigenvalue weighted by Gasteiger charge is -2.07. The van der Waals surface area contributed by atoms with Gasteiger partial charge >= 0.3 is 0 Å². The molecule has 0 saturated carbocycles. The highest BCUT2D eigenvalue weighted by molar-refractivity contribution is 14.1. The summed E-state index contributed by atoms with van der Waals surface area (Å²) in [6.45, 7) is 0.761. The minimum Gasteiger partial charge on any atom is -0.497 e. The first kappa shape index (κ1) is 12.2. The molecular formula is C13H13IN2O. The van der Waals surface area contributed by atoms with Crippen LogP contribution < -0.4 is 10.1 Å². The van der Waals surface area contributed by atoms with E-state index in [9.17, 15) is 0 Å². The van der Waals surface area contributed by atoms with Gasteiger partial charge in [0.2, 0.25) is 0 Å². The van der Waals surface area contributed by atoms with Crippen LogP contribution >= 0.6 is 22.6 Å². The first-order chi connectivity index (χ1) is 8.29. The first-order valence-electron chi connectivity index (χ1n) is 5.27. The summed E-state index contributed by atoms with van der Waals surface area (Å²) >= 11 is 2.27. The molecule has 2 aromatic rings. The average Bonchev–Trinajstić information content (AvgIpc) is 2.38. The average molecular weight is 340 g/mol. The van der Waals surface area contributed by atoms with E-state index >= 15 is 0 Å². The van der Waals surface area contributed by atoms with Crippen molar-refractivity contribution in [3.8, 4) is 5.75 Å². The molecule has 0 radical (unpaired) electrons. The Labute approximate surface area is 114 Å². The molecule has 0 atom stereocenters. The van der Waals surface area contributed by atoms with Gasteiger partial charge in [0.1, 0.15) is 11.6 Å². The second-order valence-corrected chi connectivity index (χ2v) is 4.70. The summed E-state index contributed by atoms with van der Waals surface area (Å²) < 4.78 is 6.24. The third-order valence-electron chi connectivity index (χ3n) is 2.38. The van der Waals surface area contributed by atoms with Gasteiger partial charge < -0.3 is 10.1 Å². The molecule has 0 bridgehead atoms. The summed E-state index contributed by atoms with van der Waals surface area (Å²) in [5.74, 6) is 1.80. The van der Waals surface area contributed by atoms with Crippen molar-refractivity contribution in [1.82, 2.24) is 4.98 Å². The highest BCUT2D eigenvalue weighted by atomic mass is 127. The largest absolute Gasteiger partial charge is 0.497 e. The molecule has 0 fully saturated rings. The summed E-state index contributed by atoms with van der Waals surface area (Å²) in [6.07, 6.45) is 1.79. The van der Waals surface area contributed by atoms with Crippen LogP contribution in [0, 0.1) is 3.57 Å². The molecule has 1 N–H and O–H groups in total. The molecule has 1 heterocycles. The second kappa shape index (κ2) is 5.86. The van der Waals surface area contributed by atoms with Crippen LogP contribution in [0.2, 0.25) is 0 Å². The maximum absolute atomic E-state index is 5.12. The van der Waals surface area contributed by atoms with Gasteiger partial charge in [-0.1, -0.05) is 12.1 Å². The van der Waals surface area contributed by atoms with E-state index in [2.05, 4.69) is 32.9 Å². The molecule has 0 saturated heterocycles. The zero-order valence-electron chi connectivity index (χ0n) is 9.48. The van der Waals surface area contributed by atoms with E-state index in [0.717, 1.165) is 21.7 Å². The van der Waals surface area contributed by atoms with Crippen molar-refractivity contribution in [2.24, 2.45) is 0 Å². The van der Waals surface area contributed by atoms with Crippen LogP contribution in [0.5, 0.6) is 5.75 Å². The lowest BCUT2D eigenvalue weighted by Crippen LogP contribution is -2.02. The molecule has 17 heavy (non-hydrogen) atoms. The Hall–Kier alpha value is -1.30. The fraction of sp³-hybridized carbons (Fsp3) is 0.154. The van der Waals surface area contributed by atoms with Crippen molar-refractivity contribution in [2.45, 2.75) is 6.54 Å². The van der Waals surface area contributed by atoms with Crippen LogP contribution in [-0.2, 0) is 6.54 Å². The molecule has 3 nitrogen and oxygen atoms in total. The number of pyridine rings is 1. The number of rotatable bonds is 4. The zero-order chi connectivity index (χ0) is 12.1. The maximum atomic E-state index is 5.12. The fourth-order valence-corrected chi connectivity index (χ4v) is 1.98. The van der Waals surface area contributed by atoms with Crippen molar-refractivity contribution in [2.75, 3.05) is 12.4 Å². The predicted octanol–water partition coefficient (Wildman–Crippen LogP) is 3.31. The van der Waals surface area contributed by atoms with Crippen LogP contribution in [0.1, 0.15) is 5.56 Å². The highest BCUT2D eigenvalue weighted by Crippen LogP contribution is 2.16. The monoisotopic (exact) mass is 340 g/mol.